The minimum atomic E-state index is -0.111. The number of piperidine rings is 1. The molecule has 128 valence electrons. The molecule has 1 N–H and O–H groups in total. The third-order valence-electron chi connectivity index (χ3n) is 4.52. The molecule has 7 nitrogen and oxygen atoms in total. The van der Waals surface area contributed by atoms with E-state index in [-0.39, 0.29) is 17.4 Å². The molecule has 3 rings (SSSR count). The van der Waals surface area contributed by atoms with E-state index in [4.69, 9.17) is 0 Å². The van der Waals surface area contributed by atoms with Crippen molar-refractivity contribution in [3.63, 3.8) is 0 Å². The van der Waals surface area contributed by atoms with E-state index >= 15 is 0 Å². The average molecular weight is 329 g/mol. The van der Waals surface area contributed by atoms with Crippen LogP contribution in [0.3, 0.4) is 0 Å². The summed E-state index contributed by atoms with van der Waals surface area (Å²) in [6, 6.07) is 3.70. The molecule has 0 saturated carbocycles. The zero-order valence-electron chi connectivity index (χ0n) is 14.2. The summed E-state index contributed by atoms with van der Waals surface area (Å²) in [7, 11) is 0. The van der Waals surface area contributed by atoms with Crippen LogP contribution in [0.4, 0.5) is 5.82 Å². The number of aromatic nitrogens is 3. The summed E-state index contributed by atoms with van der Waals surface area (Å²) in [5, 5.41) is 2.88. The molecule has 1 fully saturated rings. The highest BCUT2D eigenvalue weighted by Gasteiger charge is 2.27. The number of carbonyl (C=O) groups is 1. The number of anilines is 1. The van der Waals surface area contributed by atoms with Gasteiger partial charge in [0.1, 0.15) is 5.52 Å². The standard InChI is InChI=1S/C17H23N5O2/c1-3-18-16(23)12-7-10-21(11-8-12)15-17(24)22(4-2)14-13(20-15)6-5-9-19-14/h5-6,9,12H,3-4,7-8,10-11H2,1-2H3,(H,18,23). The molecule has 0 radical (unpaired) electrons. The van der Waals surface area contributed by atoms with E-state index in [9.17, 15) is 9.59 Å². The molecule has 1 aliphatic heterocycles. The lowest BCUT2D eigenvalue weighted by Crippen LogP contribution is -2.43. The van der Waals surface area contributed by atoms with Crippen molar-refractivity contribution in [1.29, 1.82) is 0 Å². The van der Waals surface area contributed by atoms with Gasteiger partial charge in [0.25, 0.3) is 5.56 Å². The summed E-state index contributed by atoms with van der Waals surface area (Å²) in [5.41, 5.74) is 1.23. The zero-order chi connectivity index (χ0) is 17.1. The van der Waals surface area contributed by atoms with Crippen molar-refractivity contribution < 1.29 is 4.79 Å². The molecule has 3 heterocycles. The molecule has 2 aromatic heterocycles. The fourth-order valence-corrected chi connectivity index (χ4v) is 3.23. The van der Waals surface area contributed by atoms with Gasteiger partial charge in [-0.15, -0.1) is 0 Å². The number of hydrogen-bond acceptors (Lipinski definition) is 5. The van der Waals surface area contributed by atoms with Crippen molar-refractivity contribution in [1.82, 2.24) is 19.9 Å². The van der Waals surface area contributed by atoms with E-state index in [1.54, 1.807) is 10.8 Å². The zero-order valence-corrected chi connectivity index (χ0v) is 14.2. The molecule has 0 unspecified atom stereocenters. The number of pyridine rings is 1. The predicted octanol–water partition coefficient (Wildman–Crippen LogP) is 1.16. The lowest BCUT2D eigenvalue weighted by atomic mass is 9.96. The van der Waals surface area contributed by atoms with Gasteiger partial charge in [-0.1, -0.05) is 0 Å². The van der Waals surface area contributed by atoms with Crippen molar-refractivity contribution in [3.8, 4) is 0 Å². The molecule has 0 spiro atoms. The van der Waals surface area contributed by atoms with Crippen molar-refractivity contribution in [2.75, 3.05) is 24.5 Å². The fraction of sp³-hybridized carbons (Fsp3) is 0.529. The van der Waals surface area contributed by atoms with Gasteiger partial charge in [-0.3, -0.25) is 14.2 Å². The number of aryl methyl sites for hydroxylation is 1. The third-order valence-corrected chi connectivity index (χ3v) is 4.52. The number of hydrogen-bond donors (Lipinski definition) is 1. The monoisotopic (exact) mass is 329 g/mol. The van der Waals surface area contributed by atoms with Gasteiger partial charge >= 0.3 is 0 Å². The Hall–Kier alpha value is -2.44. The highest BCUT2D eigenvalue weighted by Crippen LogP contribution is 2.21. The van der Waals surface area contributed by atoms with Crippen LogP contribution in [-0.4, -0.2) is 40.1 Å². The Kier molecular flexibility index (Phi) is 4.78. The van der Waals surface area contributed by atoms with E-state index < -0.39 is 0 Å². The van der Waals surface area contributed by atoms with Gasteiger partial charge in [-0.05, 0) is 38.8 Å². The Bertz CT molecular complexity index is 793. The highest BCUT2D eigenvalue weighted by atomic mass is 16.2. The molecular weight excluding hydrogens is 306 g/mol. The van der Waals surface area contributed by atoms with Crippen molar-refractivity contribution in [2.45, 2.75) is 33.2 Å². The van der Waals surface area contributed by atoms with Crippen LogP contribution in [-0.2, 0) is 11.3 Å². The van der Waals surface area contributed by atoms with Crippen molar-refractivity contribution >= 4 is 22.9 Å². The second kappa shape index (κ2) is 6.98. The van der Waals surface area contributed by atoms with E-state index in [1.165, 1.54) is 0 Å². The number of fused-ring (bicyclic) bond motifs is 1. The third kappa shape index (κ3) is 2.98. The maximum atomic E-state index is 12.8. The minimum Gasteiger partial charge on any atom is -0.356 e. The molecule has 1 amide bonds. The number of carbonyl (C=O) groups excluding carboxylic acids is 1. The molecule has 7 heteroatoms. The second-order valence-electron chi connectivity index (χ2n) is 5.99. The number of rotatable bonds is 4. The molecule has 0 atom stereocenters. The maximum absolute atomic E-state index is 12.8. The first-order valence-corrected chi connectivity index (χ1v) is 8.54. The first kappa shape index (κ1) is 16.4. The Balaban J connectivity index is 1.87. The van der Waals surface area contributed by atoms with Gasteiger partial charge in [0.2, 0.25) is 5.91 Å². The van der Waals surface area contributed by atoms with E-state index in [1.807, 2.05) is 30.9 Å². The van der Waals surface area contributed by atoms with Gasteiger partial charge < -0.3 is 10.2 Å². The van der Waals surface area contributed by atoms with Gasteiger partial charge in [-0.25, -0.2) is 9.97 Å². The van der Waals surface area contributed by atoms with Gasteiger partial charge in [0.05, 0.1) is 0 Å². The van der Waals surface area contributed by atoms with Crippen molar-refractivity contribution in [3.05, 3.63) is 28.7 Å². The van der Waals surface area contributed by atoms with Crippen LogP contribution < -0.4 is 15.8 Å². The Morgan fingerprint density at radius 2 is 2.08 bits per heavy atom. The quantitative estimate of drug-likeness (QED) is 0.910. The molecule has 0 bridgehead atoms. The van der Waals surface area contributed by atoms with Gasteiger partial charge in [0.15, 0.2) is 11.5 Å². The summed E-state index contributed by atoms with van der Waals surface area (Å²) >= 11 is 0. The second-order valence-corrected chi connectivity index (χ2v) is 5.99. The maximum Gasteiger partial charge on any atom is 0.295 e. The normalized spacial score (nSPS) is 15.7. The summed E-state index contributed by atoms with van der Waals surface area (Å²) in [4.78, 5) is 35.6. The Morgan fingerprint density at radius 1 is 1.33 bits per heavy atom. The molecule has 1 aliphatic rings. The molecule has 24 heavy (non-hydrogen) atoms. The Morgan fingerprint density at radius 3 is 2.75 bits per heavy atom. The summed E-state index contributed by atoms with van der Waals surface area (Å²) < 4.78 is 1.66. The van der Waals surface area contributed by atoms with Crippen molar-refractivity contribution in [2.24, 2.45) is 5.92 Å². The summed E-state index contributed by atoms with van der Waals surface area (Å²) in [5.74, 6) is 0.599. The lowest BCUT2D eigenvalue weighted by Gasteiger charge is -2.32. The van der Waals surface area contributed by atoms with Crippen LogP contribution in [0.2, 0.25) is 0 Å². The number of nitrogens with one attached hydrogen (secondary N) is 1. The molecule has 0 aromatic carbocycles. The Labute approximate surface area is 140 Å². The summed E-state index contributed by atoms with van der Waals surface area (Å²) in [6.07, 6.45) is 3.15. The number of nitrogens with zero attached hydrogens (tertiary/aromatic N) is 4. The van der Waals surface area contributed by atoms with Gasteiger partial charge in [0, 0.05) is 38.3 Å². The molecule has 0 aliphatic carbocycles. The van der Waals surface area contributed by atoms with Crippen LogP contribution in [0.1, 0.15) is 26.7 Å². The van der Waals surface area contributed by atoms with Crippen LogP contribution in [0.15, 0.2) is 23.1 Å². The van der Waals surface area contributed by atoms with Gasteiger partial charge in [-0.2, -0.15) is 0 Å². The molecule has 1 saturated heterocycles. The average Bonchev–Trinajstić information content (AvgIpc) is 2.61. The van der Waals surface area contributed by atoms with Crippen LogP contribution in [0.25, 0.3) is 11.2 Å². The topological polar surface area (TPSA) is 80.1 Å². The molecule has 2 aromatic rings. The predicted molar refractivity (Wildman–Crippen MR) is 93.1 cm³/mol. The SMILES string of the molecule is CCNC(=O)C1CCN(c2nc3cccnc3n(CC)c2=O)CC1. The van der Waals surface area contributed by atoms with Crippen LogP contribution in [0, 0.1) is 5.92 Å². The molecular formula is C17H23N5O2. The highest BCUT2D eigenvalue weighted by molar-refractivity contribution is 5.79. The first-order valence-electron chi connectivity index (χ1n) is 8.54. The first-order chi connectivity index (χ1) is 11.7. The van der Waals surface area contributed by atoms with Crippen LogP contribution in [0.5, 0.6) is 0 Å². The number of amides is 1. The smallest absolute Gasteiger partial charge is 0.295 e. The lowest BCUT2D eigenvalue weighted by molar-refractivity contribution is -0.125. The largest absolute Gasteiger partial charge is 0.356 e. The van der Waals surface area contributed by atoms with E-state index in [0.717, 1.165) is 18.4 Å². The fourth-order valence-electron chi connectivity index (χ4n) is 3.23. The van der Waals surface area contributed by atoms with Crippen LogP contribution >= 0.6 is 0 Å². The van der Waals surface area contributed by atoms with E-state index in [2.05, 4.69) is 15.3 Å². The van der Waals surface area contributed by atoms with E-state index in [0.29, 0.717) is 37.6 Å². The summed E-state index contributed by atoms with van der Waals surface area (Å²) in [6.45, 7) is 6.39. The minimum absolute atomic E-state index is 0.0247.